The van der Waals surface area contributed by atoms with Crippen LogP contribution in [0.3, 0.4) is 0 Å². The molecule has 3 aromatic rings. The van der Waals surface area contributed by atoms with E-state index in [1.807, 2.05) is 31.2 Å². The van der Waals surface area contributed by atoms with E-state index < -0.39 is 16.1 Å². The highest BCUT2D eigenvalue weighted by Gasteiger charge is 2.15. The van der Waals surface area contributed by atoms with E-state index in [9.17, 15) is 13.2 Å². The van der Waals surface area contributed by atoms with Crippen molar-refractivity contribution in [3.8, 4) is 0 Å². The number of anilines is 2. The van der Waals surface area contributed by atoms with Crippen molar-refractivity contribution in [1.29, 1.82) is 0 Å². The fraction of sp³-hybridized carbons (Fsp3) is 0.0952. The molecule has 0 spiro atoms. The van der Waals surface area contributed by atoms with Gasteiger partial charge in [-0.05, 0) is 42.8 Å². The van der Waals surface area contributed by atoms with E-state index in [1.165, 1.54) is 12.1 Å². The van der Waals surface area contributed by atoms with E-state index in [2.05, 4.69) is 15.4 Å². The highest BCUT2D eigenvalue weighted by Crippen LogP contribution is 2.19. The maximum absolute atomic E-state index is 12.5. The average molecular weight is 395 g/mol. The number of aryl methyl sites for hydroxylation is 1. The summed E-state index contributed by atoms with van der Waals surface area (Å²) in [6, 6.07) is 22.1. The highest BCUT2D eigenvalue weighted by molar-refractivity contribution is 7.92. The maximum Gasteiger partial charge on any atom is 0.319 e. The first kappa shape index (κ1) is 19.4. The number of benzene rings is 3. The van der Waals surface area contributed by atoms with Crippen molar-refractivity contribution in [1.82, 2.24) is 5.32 Å². The number of carbonyl (C=O) groups is 1. The fourth-order valence-corrected chi connectivity index (χ4v) is 3.63. The normalized spacial score (nSPS) is 10.9. The first-order valence-electron chi connectivity index (χ1n) is 8.71. The Labute approximate surface area is 164 Å². The molecule has 0 radical (unpaired) electrons. The van der Waals surface area contributed by atoms with Crippen LogP contribution in [-0.2, 0) is 16.6 Å². The van der Waals surface area contributed by atoms with Gasteiger partial charge in [0.1, 0.15) is 0 Å². The van der Waals surface area contributed by atoms with Crippen molar-refractivity contribution in [2.45, 2.75) is 18.4 Å². The van der Waals surface area contributed by atoms with Crippen LogP contribution < -0.4 is 15.4 Å². The largest absolute Gasteiger partial charge is 0.334 e. The molecule has 144 valence electrons. The summed E-state index contributed by atoms with van der Waals surface area (Å²) in [6.45, 7) is 2.37. The fourth-order valence-electron chi connectivity index (χ4n) is 2.52. The Balaban J connectivity index is 1.64. The summed E-state index contributed by atoms with van der Waals surface area (Å²) in [7, 11) is -3.75. The van der Waals surface area contributed by atoms with E-state index >= 15 is 0 Å². The zero-order chi connectivity index (χ0) is 20.0. The van der Waals surface area contributed by atoms with E-state index in [-0.39, 0.29) is 4.90 Å². The van der Waals surface area contributed by atoms with Gasteiger partial charge in [-0.3, -0.25) is 4.72 Å². The molecule has 0 fully saturated rings. The van der Waals surface area contributed by atoms with Crippen LogP contribution in [-0.4, -0.2) is 14.4 Å². The second-order valence-electron chi connectivity index (χ2n) is 6.29. The third-order valence-corrected chi connectivity index (χ3v) is 5.38. The minimum atomic E-state index is -3.75. The van der Waals surface area contributed by atoms with Crippen molar-refractivity contribution < 1.29 is 13.2 Å². The zero-order valence-electron chi connectivity index (χ0n) is 15.3. The van der Waals surface area contributed by atoms with E-state index in [0.717, 1.165) is 11.1 Å². The van der Waals surface area contributed by atoms with Crippen LogP contribution in [0.5, 0.6) is 0 Å². The maximum atomic E-state index is 12.5. The second-order valence-corrected chi connectivity index (χ2v) is 7.98. The van der Waals surface area contributed by atoms with Gasteiger partial charge in [-0.25, -0.2) is 13.2 Å². The number of rotatable bonds is 6. The highest BCUT2D eigenvalue weighted by atomic mass is 32.2. The van der Waals surface area contributed by atoms with Crippen molar-refractivity contribution >= 4 is 27.4 Å². The van der Waals surface area contributed by atoms with E-state index in [1.54, 1.807) is 42.5 Å². The SMILES string of the molecule is Cc1ccc(CNC(=O)Nc2cccc(S(=O)(=O)Nc3ccccc3)c2)cc1. The lowest BCUT2D eigenvalue weighted by molar-refractivity contribution is 0.251. The predicted molar refractivity (Wildman–Crippen MR) is 111 cm³/mol. The van der Waals surface area contributed by atoms with Gasteiger partial charge in [0.25, 0.3) is 10.0 Å². The molecule has 7 heteroatoms. The minimum Gasteiger partial charge on any atom is -0.334 e. The molecule has 0 heterocycles. The van der Waals surface area contributed by atoms with Crippen molar-refractivity contribution in [2.24, 2.45) is 0 Å². The molecule has 28 heavy (non-hydrogen) atoms. The Kier molecular flexibility index (Phi) is 5.96. The summed E-state index contributed by atoms with van der Waals surface area (Å²) in [6.07, 6.45) is 0. The first-order valence-corrected chi connectivity index (χ1v) is 10.2. The molecule has 0 saturated heterocycles. The number of nitrogens with one attached hydrogen (secondary N) is 3. The van der Waals surface area contributed by atoms with Crippen LogP contribution in [0.2, 0.25) is 0 Å². The van der Waals surface area contributed by atoms with E-state index in [4.69, 9.17) is 0 Å². The summed E-state index contributed by atoms with van der Waals surface area (Å²) < 4.78 is 27.6. The third-order valence-electron chi connectivity index (χ3n) is 4.00. The summed E-state index contributed by atoms with van der Waals surface area (Å²) in [5, 5.41) is 5.41. The molecular weight excluding hydrogens is 374 g/mol. The van der Waals surface area contributed by atoms with Crippen molar-refractivity contribution in [3.63, 3.8) is 0 Å². The minimum absolute atomic E-state index is 0.0627. The lowest BCUT2D eigenvalue weighted by Crippen LogP contribution is -2.28. The smallest absolute Gasteiger partial charge is 0.319 e. The van der Waals surface area contributed by atoms with Gasteiger partial charge in [-0.15, -0.1) is 0 Å². The molecule has 2 amide bonds. The molecule has 0 unspecified atom stereocenters. The number of hydrogen-bond acceptors (Lipinski definition) is 3. The summed E-state index contributed by atoms with van der Waals surface area (Å²) in [4.78, 5) is 12.2. The van der Waals surface area contributed by atoms with Crippen molar-refractivity contribution in [3.05, 3.63) is 90.0 Å². The number of hydrogen-bond donors (Lipinski definition) is 3. The third kappa shape index (κ3) is 5.34. The summed E-state index contributed by atoms with van der Waals surface area (Å²) in [5.74, 6) is 0. The van der Waals surface area contributed by atoms with Gasteiger partial charge in [0.05, 0.1) is 4.90 Å². The first-order chi connectivity index (χ1) is 13.4. The Bertz CT molecular complexity index is 1050. The molecular formula is C21H21N3O3S. The van der Waals surface area contributed by atoms with E-state index in [0.29, 0.717) is 17.9 Å². The average Bonchev–Trinajstić information content (AvgIpc) is 2.68. The molecule has 0 atom stereocenters. The molecule has 6 nitrogen and oxygen atoms in total. The van der Waals surface area contributed by atoms with Gasteiger partial charge in [0, 0.05) is 17.9 Å². The Morgan fingerprint density at radius 2 is 1.54 bits per heavy atom. The molecule has 0 aliphatic heterocycles. The zero-order valence-corrected chi connectivity index (χ0v) is 16.2. The van der Waals surface area contributed by atoms with Crippen molar-refractivity contribution in [2.75, 3.05) is 10.0 Å². The number of amides is 2. The van der Waals surface area contributed by atoms with Crippen LogP contribution in [0.4, 0.5) is 16.2 Å². The van der Waals surface area contributed by atoms with Gasteiger partial charge in [-0.2, -0.15) is 0 Å². The number of carbonyl (C=O) groups excluding carboxylic acids is 1. The van der Waals surface area contributed by atoms with Crippen LogP contribution in [0.25, 0.3) is 0 Å². The molecule has 0 aliphatic carbocycles. The lowest BCUT2D eigenvalue weighted by Gasteiger charge is -2.11. The molecule has 0 saturated carbocycles. The molecule has 0 aromatic heterocycles. The standard InChI is InChI=1S/C21H21N3O3S/c1-16-10-12-17(13-11-16)15-22-21(25)23-19-8-5-9-20(14-19)28(26,27)24-18-6-3-2-4-7-18/h2-14,24H,15H2,1H3,(H2,22,23,25). The lowest BCUT2D eigenvalue weighted by atomic mass is 10.1. The molecule has 3 aromatic carbocycles. The number of urea groups is 1. The number of sulfonamides is 1. The van der Waals surface area contributed by atoms with Gasteiger partial charge in [0.15, 0.2) is 0 Å². The van der Waals surface area contributed by atoms with Crippen LogP contribution >= 0.6 is 0 Å². The summed E-state index contributed by atoms with van der Waals surface area (Å²) in [5.41, 5.74) is 2.98. The quantitative estimate of drug-likeness (QED) is 0.587. The Hall–Kier alpha value is -3.32. The van der Waals surface area contributed by atoms with Gasteiger partial charge >= 0.3 is 6.03 Å². The predicted octanol–water partition coefficient (Wildman–Crippen LogP) is 4.12. The van der Waals surface area contributed by atoms with Crippen LogP contribution in [0.1, 0.15) is 11.1 Å². The molecule has 3 N–H and O–H groups in total. The van der Waals surface area contributed by atoms with Crippen LogP contribution in [0.15, 0.2) is 83.8 Å². The molecule has 3 rings (SSSR count). The van der Waals surface area contributed by atoms with Gasteiger partial charge < -0.3 is 10.6 Å². The van der Waals surface area contributed by atoms with Gasteiger partial charge in [-0.1, -0.05) is 54.1 Å². The van der Waals surface area contributed by atoms with Gasteiger partial charge in [0.2, 0.25) is 0 Å². The summed E-state index contributed by atoms with van der Waals surface area (Å²) >= 11 is 0. The molecule has 0 bridgehead atoms. The monoisotopic (exact) mass is 395 g/mol. The topological polar surface area (TPSA) is 87.3 Å². The van der Waals surface area contributed by atoms with Crippen LogP contribution in [0, 0.1) is 6.92 Å². The number of para-hydroxylation sites is 1. The Morgan fingerprint density at radius 3 is 2.25 bits per heavy atom. The Morgan fingerprint density at radius 1 is 0.857 bits per heavy atom. The molecule has 0 aliphatic rings. The second kappa shape index (κ2) is 8.58.